The molecule has 0 aliphatic carbocycles. The minimum Gasteiger partial charge on any atom is -0.493 e. The van der Waals surface area contributed by atoms with Gasteiger partial charge < -0.3 is 19.4 Å². The first-order chi connectivity index (χ1) is 16.2. The zero-order valence-electron chi connectivity index (χ0n) is 19.7. The van der Waals surface area contributed by atoms with Crippen molar-refractivity contribution in [3.05, 3.63) is 66.2 Å². The van der Waals surface area contributed by atoms with Gasteiger partial charge in [0, 0.05) is 62.5 Å². The van der Waals surface area contributed by atoms with Gasteiger partial charge >= 0.3 is 0 Å². The lowest BCUT2D eigenvalue weighted by molar-refractivity contribution is 0.145. The molecule has 0 spiro atoms. The summed E-state index contributed by atoms with van der Waals surface area (Å²) < 4.78 is 6.17. The fourth-order valence-electron chi connectivity index (χ4n) is 4.78. The summed E-state index contributed by atoms with van der Waals surface area (Å²) in [6.07, 6.45) is 2.15. The number of benzene rings is 3. The van der Waals surface area contributed by atoms with Gasteiger partial charge in [0.25, 0.3) is 0 Å². The van der Waals surface area contributed by atoms with Crippen LogP contribution in [0.4, 0.5) is 5.69 Å². The molecule has 0 saturated carbocycles. The monoisotopic (exact) mass is 461 g/mol. The molecule has 0 radical (unpaired) electrons. The van der Waals surface area contributed by atoms with Crippen LogP contribution >= 0.6 is 11.8 Å². The summed E-state index contributed by atoms with van der Waals surface area (Å²) >= 11 is 1.96. The van der Waals surface area contributed by atoms with Crippen molar-refractivity contribution in [3.63, 3.8) is 0 Å². The van der Waals surface area contributed by atoms with Crippen molar-refractivity contribution < 1.29 is 4.74 Å². The third-order valence-corrected chi connectivity index (χ3v) is 7.90. The fraction of sp³-hybridized carbons (Fsp3) is 0.429. The van der Waals surface area contributed by atoms with Crippen LogP contribution in [0.15, 0.2) is 65.6 Å². The maximum absolute atomic E-state index is 6.17. The number of fused-ring (bicyclic) bond motifs is 2. The first kappa shape index (κ1) is 22.6. The van der Waals surface area contributed by atoms with E-state index in [9.17, 15) is 0 Å². The largest absolute Gasteiger partial charge is 0.493 e. The zero-order chi connectivity index (χ0) is 22.5. The van der Waals surface area contributed by atoms with Gasteiger partial charge in [-0.2, -0.15) is 0 Å². The first-order valence-electron chi connectivity index (χ1n) is 12.3. The summed E-state index contributed by atoms with van der Waals surface area (Å²) in [6, 6.07) is 22.1. The van der Waals surface area contributed by atoms with E-state index >= 15 is 0 Å². The Kier molecular flexibility index (Phi) is 7.40. The van der Waals surface area contributed by atoms with Crippen molar-refractivity contribution in [3.8, 4) is 5.75 Å². The average molecular weight is 462 g/mol. The van der Waals surface area contributed by atoms with Gasteiger partial charge in [0.05, 0.1) is 12.3 Å². The van der Waals surface area contributed by atoms with Gasteiger partial charge in [-0.05, 0) is 48.4 Å². The van der Waals surface area contributed by atoms with E-state index in [0.29, 0.717) is 0 Å². The van der Waals surface area contributed by atoms with E-state index in [2.05, 4.69) is 82.4 Å². The molecule has 1 saturated heterocycles. The van der Waals surface area contributed by atoms with Gasteiger partial charge in [-0.15, -0.1) is 11.8 Å². The van der Waals surface area contributed by atoms with Crippen LogP contribution in [0, 0.1) is 0 Å². The van der Waals surface area contributed by atoms with E-state index in [1.54, 1.807) is 0 Å². The van der Waals surface area contributed by atoms with Crippen molar-refractivity contribution >= 4 is 28.2 Å². The van der Waals surface area contributed by atoms with Gasteiger partial charge in [0.15, 0.2) is 0 Å². The van der Waals surface area contributed by atoms with Crippen LogP contribution in [0.5, 0.6) is 5.75 Å². The number of nitrogens with zero attached hydrogens (tertiary/aromatic N) is 3. The molecule has 0 bridgehead atoms. The Labute approximate surface area is 202 Å². The van der Waals surface area contributed by atoms with Crippen LogP contribution in [0.3, 0.4) is 0 Å². The quantitative estimate of drug-likeness (QED) is 0.438. The minimum atomic E-state index is 0.787. The Morgan fingerprint density at radius 2 is 1.70 bits per heavy atom. The molecule has 3 aromatic carbocycles. The van der Waals surface area contributed by atoms with E-state index in [0.717, 1.165) is 50.6 Å². The van der Waals surface area contributed by atoms with Gasteiger partial charge in [0.2, 0.25) is 0 Å². The molecule has 0 N–H and O–H groups in total. The van der Waals surface area contributed by atoms with Crippen molar-refractivity contribution in [2.24, 2.45) is 0 Å². The lowest BCUT2D eigenvalue weighted by Crippen LogP contribution is -2.44. The second-order valence-electron chi connectivity index (χ2n) is 9.24. The number of rotatable bonds is 8. The molecule has 33 heavy (non-hydrogen) atoms. The standard InChI is InChI=1S/C28H35N3OS/c1-29-14-16-30(17-15-29)12-4-19-32-26-9-10-28-27(22-26)31(18-20-33-28)13-11-23-7-8-24-5-2-3-6-25(24)21-23/h2-3,5-10,21-22H,4,11-20H2,1H3. The lowest BCUT2D eigenvalue weighted by atomic mass is 10.0. The van der Waals surface area contributed by atoms with Gasteiger partial charge in [0.1, 0.15) is 5.75 Å². The van der Waals surface area contributed by atoms with Crippen LogP contribution < -0.4 is 9.64 Å². The van der Waals surface area contributed by atoms with Crippen LogP contribution in [-0.2, 0) is 6.42 Å². The fourth-order valence-corrected chi connectivity index (χ4v) is 5.81. The molecule has 0 unspecified atom stereocenters. The van der Waals surface area contributed by atoms with Crippen LogP contribution in [0.1, 0.15) is 12.0 Å². The topological polar surface area (TPSA) is 19.0 Å². The molecule has 174 valence electrons. The summed E-state index contributed by atoms with van der Waals surface area (Å²) in [5.41, 5.74) is 2.74. The zero-order valence-corrected chi connectivity index (χ0v) is 20.5. The molecule has 2 aliphatic heterocycles. The number of piperazine rings is 1. The summed E-state index contributed by atoms with van der Waals surface area (Å²) in [5, 5.41) is 2.65. The molecular weight excluding hydrogens is 426 g/mol. The Hall–Kier alpha value is -2.21. The SMILES string of the molecule is CN1CCN(CCCOc2ccc3c(c2)N(CCc2ccc4ccccc4c2)CCS3)CC1. The van der Waals surface area contributed by atoms with E-state index in [1.165, 1.54) is 53.1 Å². The van der Waals surface area contributed by atoms with Gasteiger partial charge in [-0.1, -0.05) is 42.5 Å². The number of hydrogen-bond donors (Lipinski definition) is 0. The van der Waals surface area contributed by atoms with Crippen molar-refractivity contribution in [2.75, 3.05) is 70.1 Å². The second-order valence-corrected chi connectivity index (χ2v) is 10.4. The molecule has 5 rings (SSSR count). The van der Waals surface area contributed by atoms with Crippen LogP contribution in [-0.4, -0.2) is 75.0 Å². The number of ether oxygens (including phenoxy) is 1. The highest BCUT2D eigenvalue weighted by Gasteiger charge is 2.18. The van der Waals surface area contributed by atoms with Crippen LogP contribution in [0.25, 0.3) is 10.8 Å². The molecule has 1 fully saturated rings. The van der Waals surface area contributed by atoms with Crippen molar-refractivity contribution in [2.45, 2.75) is 17.7 Å². The van der Waals surface area contributed by atoms with Gasteiger partial charge in [-0.25, -0.2) is 0 Å². The molecular formula is C28H35N3OS. The molecule has 0 aromatic heterocycles. The highest BCUT2D eigenvalue weighted by Crippen LogP contribution is 2.37. The van der Waals surface area contributed by atoms with E-state index < -0.39 is 0 Å². The molecule has 0 amide bonds. The molecule has 4 nitrogen and oxygen atoms in total. The lowest BCUT2D eigenvalue weighted by Gasteiger charge is -2.32. The molecule has 0 atom stereocenters. The Bertz CT molecular complexity index is 1060. The van der Waals surface area contributed by atoms with Crippen molar-refractivity contribution in [1.82, 2.24) is 9.80 Å². The number of hydrogen-bond acceptors (Lipinski definition) is 5. The maximum atomic E-state index is 6.17. The summed E-state index contributed by atoms with van der Waals surface area (Å²) in [6.45, 7) is 8.77. The minimum absolute atomic E-state index is 0.787. The highest BCUT2D eigenvalue weighted by atomic mass is 32.2. The summed E-state index contributed by atoms with van der Waals surface area (Å²) in [5.74, 6) is 2.15. The average Bonchev–Trinajstić information content (AvgIpc) is 2.86. The summed E-state index contributed by atoms with van der Waals surface area (Å²) in [4.78, 5) is 8.88. The summed E-state index contributed by atoms with van der Waals surface area (Å²) in [7, 11) is 2.21. The molecule has 2 aliphatic rings. The number of thioether (sulfide) groups is 1. The predicted octanol–water partition coefficient (Wildman–Crippen LogP) is 5.01. The third kappa shape index (κ3) is 5.84. The van der Waals surface area contributed by atoms with Crippen molar-refractivity contribution in [1.29, 1.82) is 0 Å². The van der Waals surface area contributed by atoms with E-state index in [4.69, 9.17) is 4.74 Å². The smallest absolute Gasteiger partial charge is 0.121 e. The Morgan fingerprint density at radius 1 is 0.848 bits per heavy atom. The maximum Gasteiger partial charge on any atom is 0.121 e. The highest BCUT2D eigenvalue weighted by molar-refractivity contribution is 7.99. The second kappa shape index (κ2) is 10.8. The third-order valence-electron chi connectivity index (χ3n) is 6.86. The van der Waals surface area contributed by atoms with Crippen LogP contribution in [0.2, 0.25) is 0 Å². The molecule has 2 heterocycles. The molecule has 3 aromatic rings. The number of likely N-dealkylation sites (N-methyl/N-ethyl adjacent to an activating group) is 1. The normalized spacial score (nSPS) is 17.3. The van der Waals surface area contributed by atoms with E-state index in [1.807, 2.05) is 11.8 Å². The first-order valence-corrected chi connectivity index (χ1v) is 13.3. The van der Waals surface area contributed by atoms with E-state index in [-0.39, 0.29) is 0 Å². The molecule has 5 heteroatoms. The Balaban J connectivity index is 1.16. The van der Waals surface area contributed by atoms with Gasteiger partial charge in [-0.3, -0.25) is 0 Å². The number of anilines is 1. The predicted molar refractivity (Wildman–Crippen MR) is 141 cm³/mol. The Morgan fingerprint density at radius 3 is 2.58 bits per heavy atom.